The number of aryl methyl sites for hydroxylation is 1. The fourth-order valence-corrected chi connectivity index (χ4v) is 4.31. The van der Waals surface area contributed by atoms with Crippen LogP contribution in [0.4, 0.5) is 0 Å². The molecule has 0 aliphatic heterocycles. The van der Waals surface area contributed by atoms with Crippen molar-refractivity contribution in [3.05, 3.63) is 58.9 Å². The molecule has 1 fully saturated rings. The zero-order chi connectivity index (χ0) is 18.1. The summed E-state index contributed by atoms with van der Waals surface area (Å²) in [6, 6.07) is 9.61. The van der Waals surface area contributed by atoms with Gasteiger partial charge in [0, 0.05) is 24.0 Å². The predicted octanol–water partition coefficient (Wildman–Crippen LogP) is 3.11. The standard InChI is InChI=1S/C20H21N3O2S/c1-12-22-18-11-14(2-3-19(18)26-12)20(25)23-17(15-9-16(24)10-15)8-13-4-6-21-7-5-13/h2-7,11,15-17,24H,8-10H2,1H3,(H,23,25)/t15?,16?,17-/m0/s1. The molecule has 1 atom stereocenters. The lowest BCUT2D eigenvalue weighted by Gasteiger charge is -2.38. The molecule has 134 valence electrons. The molecule has 2 heterocycles. The summed E-state index contributed by atoms with van der Waals surface area (Å²) in [6.45, 7) is 1.97. The van der Waals surface area contributed by atoms with E-state index in [1.54, 1.807) is 23.7 Å². The van der Waals surface area contributed by atoms with Crippen LogP contribution < -0.4 is 5.32 Å². The molecule has 0 radical (unpaired) electrons. The van der Waals surface area contributed by atoms with E-state index in [0.717, 1.165) is 40.1 Å². The number of fused-ring (bicyclic) bond motifs is 1. The Labute approximate surface area is 156 Å². The van der Waals surface area contributed by atoms with E-state index >= 15 is 0 Å². The number of rotatable bonds is 5. The molecule has 1 aliphatic carbocycles. The first kappa shape index (κ1) is 17.1. The lowest BCUT2D eigenvalue weighted by molar-refractivity contribution is 0.0239. The molecule has 2 aromatic heterocycles. The molecule has 5 nitrogen and oxygen atoms in total. The van der Waals surface area contributed by atoms with Crippen molar-refractivity contribution < 1.29 is 9.90 Å². The van der Waals surface area contributed by atoms with E-state index < -0.39 is 0 Å². The van der Waals surface area contributed by atoms with E-state index in [1.807, 2.05) is 37.3 Å². The second-order valence-corrected chi connectivity index (χ2v) is 8.18. The highest BCUT2D eigenvalue weighted by molar-refractivity contribution is 7.18. The number of carbonyl (C=O) groups is 1. The number of benzene rings is 1. The Morgan fingerprint density at radius 1 is 1.31 bits per heavy atom. The third kappa shape index (κ3) is 3.61. The molecule has 1 aliphatic rings. The number of aliphatic hydroxyl groups is 1. The van der Waals surface area contributed by atoms with Crippen LogP contribution in [0, 0.1) is 12.8 Å². The Hall–Kier alpha value is -2.31. The summed E-state index contributed by atoms with van der Waals surface area (Å²) < 4.78 is 1.09. The Morgan fingerprint density at radius 3 is 2.81 bits per heavy atom. The monoisotopic (exact) mass is 367 g/mol. The highest BCUT2D eigenvalue weighted by atomic mass is 32.1. The predicted molar refractivity (Wildman–Crippen MR) is 102 cm³/mol. The van der Waals surface area contributed by atoms with Crippen molar-refractivity contribution in [2.45, 2.75) is 38.3 Å². The first-order valence-corrected chi connectivity index (χ1v) is 9.65. The van der Waals surface area contributed by atoms with Crippen LogP contribution in [-0.4, -0.2) is 33.1 Å². The van der Waals surface area contributed by atoms with Gasteiger partial charge >= 0.3 is 0 Å². The van der Waals surface area contributed by atoms with Gasteiger partial charge in [-0.05, 0) is 68.0 Å². The van der Waals surface area contributed by atoms with Crippen LogP contribution in [0.3, 0.4) is 0 Å². The van der Waals surface area contributed by atoms with Gasteiger partial charge in [-0.1, -0.05) is 0 Å². The maximum atomic E-state index is 12.8. The van der Waals surface area contributed by atoms with Gasteiger partial charge in [0.15, 0.2) is 0 Å². The van der Waals surface area contributed by atoms with E-state index in [1.165, 1.54) is 0 Å². The van der Waals surface area contributed by atoms with Gasteiger partial charge in [0.1, 0.15) is 0 Å². The van der Waals surface area contributed by atoms with Crippen molar-refractivity contribution in [3.8, 4) is 0 Å². The number of hydrogen-bond donors (Lipinski definition) is 2. The van der Waals surface area contributed by atoms with E-state index in [9.17, 15) is 9.90 Å². The normalized spacial score (nSPS) is 20.5. The van der Waals surface area contributed by atoms with Gasteiger partial charge in [-0.3, -0.25) is 9.78 Å². The number of aliphatic hydroxyl groups excluding tert-OH is 1. The number of nitrogens with one attached hydrogen (secondary N) is 1. The third-order valence-corrected chi connectivity index (χ3v) is 5.95. The van der Waals surface area contributed by atoms with Crippen molar-refractivity contribution in [1.82, 2.24) is 15.3 Å². The second kappa shape index (κ2) is 7.13. The van der Waals surface area contributed by atoms with Crippen LogP contribution in [-0.2, 0) is 6.42 Å². The van der Waals surface area contributed by atoms with Gasteiger partial charge in [0.05, 0.1) is 21.3 Å². The lowest BCUT2D eigenvalue weighted by Crippen LogP contribution is -2.48. The number of aromatic nitrogens is 2. The van der Waals surface area contributed by atoms with E-state index in [4.69, 9.17) is 0 Å². The number of nitrogens with zero attached hydrogens (tertiary/aromatic N) is 2. The minimum absolute atomic E-state index is 0.00108. The third-order valence-electron chi connectivity index (χ3n) is 5.00. The molecule has 1 amide bonds. The van der Waals surface area contributed by atoms with Gasteiger partial charge in [-0.25, -0.2) is 4.98 Å². The quantitative estimate of drug-likeness (QED) is 0.727. The Balaban J connectivity index is 1.52. The van der Waals surface area contributed by atoms with Crippen molar-refractivity contribution in [2.75, 3.05) is 0 Å². The zero-order valence-electron chi connectivity index (χ0n) is 14.6. The van der Waals surface area contributed by atoms with Crippen molar-refractivity contribution in [3.63, 3.8) is 0 Å². The van der Waals surface area contributed by atoms with Gasteiger partial charge in [-0.2, -0.15) is 0 Å². The van der Waals surface area contributed by atoms with E-state index in [0.29, 0.717) is 11.5 Å². The lowest BCUT2D eigenvalue weighted by atomic mass is 9.75. The van der Waals surface area contributed by atoms with E-state index in [2.05, 4.69) is 15.3 Å². The van der Waals surface area contributed by atoms with Crippen LogP contribution in [0.1, 0.15) is 33.8 Å². The maximum absolute atomic E-state index is 12.8. The number of hydrogen-bond acceptors (Lipinski definition) is 5. The minimum Gasteiger partial charge on any atom is -0.393 e. The summed E-state index contributed by atoms with van der Waals surface area (Å²) >= 11 is 1.63. The Kier molecular flexibility index (Phi) is 4.70. The maximum Gasteiger partial charge on any atom is 0.251 e. The Bertz CT molecular complexity index is 919. The molecule has 0 saturated heterocycles. The van der Waals surface area contributed by atoms with Crippen LogP contribution in [0.25, 0.3) is 10.2 Å². The molecule has 1 saturated carbocycles. The smallest absolute Gasteiger partial charge is 0.251 e. The average molecular weight is 367 g/mol. The van der Waals surface area contributed by atoms with Gasteiger partial charge < -0.3 is 10.4 Å². The summed E-state index contributed by atoms with van der Waals surface area (Å²) in [6.07, 6.45) is 5.50. The Morgan fingerprint density at radius 2 is 2.08 bits per heavy atom. The molecule has 6 heteroatoms. The molecule has 4 rings (SSSR count). The largest absolute Gasteiger partial charge is 0.393 e. The summed E-state index contributed by atoms with van der Waals surface area (Å²) in [4.78, 5) is 21.3. The molecular formula is C20H21N3O2S. The molecule has 26 heavy (non-hydrogen) atoms. The van der Waals surface area contributed by atoms with Crippen LogP contribution >= 0.6 is 11.3 Å². The van der Waals surface area contributed by atoms with Crippen LogP contribution in [0.5, 0.6) is 0 Å². The minimum atomic E-state index is -0.244. The number of carbonyl (C=O) groups excluding carboxylic acids is 1. The van der Waals surface area contributed by atoms with Crippen LogP contribution in [0.2, 0.25) is 0 Å². The van der Waals surface area contributed by atoms with E-state index in [-0.39, 0.29) is 18.1 Å². The number of thiazole rings is 1. The zero-order valence-corrected chi connectivity index (χ0v) is 15.4. The van der Waals surface area contributed by atoms with Gasteiger partial charge in [0.25, 0.3) is 5.91 Å². The molecule has 0 spiro atoms. The van der Waals surface area contributed by atoms with Crippen molar-refractivity contribution >= 4 is 27.5 Å². The highest BCUT2D eigenvalue weighted by Crippen LogP contribution is 2.32. The van der Waals surface area contributed by atoms with Crippen molar-refractivity contribution in [1.29, 1.82) is 0 Å². The molecule has 1 aromatic carbocycles. The molecular weight excluding hydrogens is 346 g/mol. The number of pyridine rings is 1. The first-order valence-electron chi connectivity index (χ1n) is 8.83. The summed E-state index contributed by atoms with van der Waals surface area (Å²) in [5.41, 5.74) is 2.63. The molecule has 0 bridgehead atoms. The fourth-order valence-electron chi connectivity index (χ4n) is 3.50. The second-order valence-electron chi connectivity index (χ2n) is 6.94. The fraction of sp³-hybridized carbons (Fsp3) is 0.350. The SMILES string of the molecule is Cc1nc2cc(C(=O)N[C@@H](Cc3ccncc3)C3CC(O)C3)ccc2s1. The van der Waals surface area contributed by atoms with Gasteiger partial charge in [0.2, 0.25) is 0 Å². The molecule has 3 aromatic rings. The number of amides is 1. The molecule has 0 unspecified atom stereocenters. The average Bonchev–Trinajstić information content (AvgIpc) is 2.98. The summed E-state index contributed by atoms with van der Waals surface area (Å²) in [7, 11) is 0. The van der Waals surface area contributed by atoms with Gasteiger partial charge in [-0.15, -0.1) is 11.3 Å². The molecule has 2 N–H and O–H groups in total. The van der Waals surface area contributed by atoms with Crippen molar-refractivity contribution in [2.24, 2.45) is 5.92 Å². The van der Waals surface area contributed by atoms with Crippen LogP contribution in [0.15, 0.2) is 42.7 Å². The highest BCUT2D eigenvalue weighted by Gasteiger charge is 2.35. The summed E-state index contributed by atoms with van der Waals surface area (Å²) in [5, 5.41) is 13.9. The summed E-state index contributed by atoms with van der Waals surface area (Å²) in [5.74, 6) is 0.213. The first-order chi connectivity index (χ1) is 12.6. The topological polar surface area (TPSA) is 75.1 Å².